The first-order valence-corrected chi connectivity index (χ1v) is 13.3. The van der Waals surface area contributed by atoms with Gasteiger partial charge in [0, 0.05) is 11.6 Å². The molecule has 38 heavy (non-hydrogen) atoms. The van der Waals surface area contributed by atoms with Crippen LogP contribution in [-0.4, -0.2) is 41.1 Å². The molecule has 1 aromatic carbocycles. The summed E-state index contributed by atoms with van der Waals surface area (Å²) in [6.45, 7) is 0.437. The number of hydrogen-bond acceptors (Lipinski definition) is 8. The highest BCUT2D eigenvalue weighted by atomic mass is 16.3. The molecule has 4 aromatic rings. The molecule has 0 spiro atoms. The monoisotopic (exact) mass is 506 g/mol. The molecule has 0 radical (unpaired) electrons. The largest absolute Gasteiger partial charge is 0.384 e. The minimum atomic E-state index is -0.827. The van der Waals surface area contributed by atoms with E-state index in [1.54, 1.807) is 10.7 Å². The van der Waals surface area contributed by atoms with Gasteiger partial charge in [0.05, 0.1) is 47.1 Å². The molecule has 2 aliphatic rings. The van der Waals surface area contributed by atoms with Gasteiger partial charge in [-0.3, -0.25) is 4.98 Å². The summed E-state index contributed by atoms with van der Waals surface area (Å²) < 4.78 is 1.74. The standard InChI is InChI=1S/C29H30N8O/c30-17-20-7-5-8-21(15-20)24-16-25(34-28(33-24)32-22-9-1-2-10-22)26-19-37(36-35-26)18-23-11-6-12-27(31-23)29(38)13-3-4-14-29/h5-8,11-12,15-16,19,22,38H,1-4,9-10,13-14,18H2,(H,32,33,34). The Morgan fingerprint density at radius 2 is 1.74 bits per heavy atom. The maximum Gasteiger partial charge on any atom is 0.224 e. The molecule has 2 saturated carbocycles. The Kier molecular flexibility index (Phi) is 6.56. The molecule has 0 saturated heterocycles. The average molecular weight is 507 g/mol. The zero-order chi connectivity index (χ0) is 26.0. The van der Waals surface area contributed by atoms with Crippen molar-refractivity contribution in [1.29, 1.82) is 5.26 Å². The van der Waals surface area contributed by atoms with E-state index >= 15 is 0 Å². The Morgan fingerprint density at radius 1 is 0.947 bits per heavy atom. The van der Waals surface area contributed by atoms with Gasteiger partial charge in [0.1, 0.15) is 11.3 Å². The summed E-state index contributed by atoms with van der Waals surface area (Å²) in [5.74, 6) is 0.556. The molecule has 6 rings (SSSR count). The van der Waals surface area contributed by atoms with Gasteiger partial charge in [0.2, 0.25) is 5.95 Å². The van der Waals surface area contributed by atoms with Crippen molar-refractivity contribution in [3.05, 3.63) is 71.7 Å². The van der Waals surface area contributed by atoms with Crippen LogP contribution >= 0.6 is 0 Å². The van der Waals surface area contributed by atoms with Crippen molar-refractivity contribution in [1.82, 2.24) is 29.9 Å². The number of nitriles is 1. The molecule has 0 bridgehead atoms. The molecular formula is C29H30N8O. The third-order valence-electron chi connectivity index (χ3n) is 7.54. The van der Waals surface area contributed by atoms with Crippen LogP contribution in [0.5, 0.6) is 0 Å². The number of nitrogens with zero attached hydrogens (tertiary/aromatic N) is 7. The lowest BCUT2D eigenvalue weighted by molar-refractivity contribution is 0.0397. The first-order chi connectivity index (χ1) is 18.6. The fourth-order valence-corrected chi connectivity index (χ4v) is 5.49. The molecule has 9 nitrogen and oxygen atoms in total. The maximum absolute atomic E-state index is 11.0. The number of aromatic nitrogens is 6. The van der Waals surface area contributed by atoms with Crippen LogP contribution in [0.25, 0.3) is 22.6 Å². The van der Waals surface area contributed by atoms with Crippen LogP contribution < -0.4 is 5.32 Å². The third-order valence-corrected chi connectivity index (χ3v) is 7.54. The van der Waals surface area contributed by atoms with E-state index in [1.807, 2.05) is 48.7 Å². The molecule has 192 valence electrons. The third kappa shape index (κ3) is 5.13. The lowest BCUT2D eigenvalue weighted by atomic mass is 9.97. The molecule has 0 atom stereocenters. The van der Waals surface area contributed by atoms with Crippen LogP contribution in [-0.2, 0) is 12.1 Å². The highest BCUT2D eigenvalue weighted by Gasteiger charge is 2.34. The van der Waals surface area contributed by atoms with E-state index in [0.717, 1.165) is 61.2 Å². The smallest absolute Gasteiger partial charge is 0.224 e. The Labute approximate surface area is 221 Å². The number of anilines is 1. The molecule has 2 aliphatic carbocycles. The molecule has 3 heterocycles. The highest BCUT2D eigenvalue weighted by Crippen LogP contribution is 2.37. The Balaban J connectivity index is 1.29. The molecule has 0 amide bonds. The van der Waals surface area contributed by atoms with Crippen LogP contribution in [0.3, 0.4) is 0 Å². The minimum Gasteiger partial charge on any atom is -0.384 e. The maximum atomic E-state index is 11.0. The van der Waals surface area contributed by atoms with E-state index in [9.17, 15) is 10.4 Å². The fourth-order valence-electron chi connectivity index (χ4n) is 5.49. The zero-order valence-corrected chi connectivity index (χ0v) is 21.2. The van der Waals surface area contributed by atoms with Gasteiger partial charge in [0.25, 0.3) is 0 Å². The number of nitrogens with one attached hydrogen (secondary N) is 1. The van der Waals surface area contributed by atoms with Gasteiger partial charge in [-0.05, 0) is 56.0 Å². The van der Waals surface area contributed by atoms with Crippen molar-refractivity contribution in [3.63, 3.8) is 0 Å². The second-order valence-corrected chi connectivity index (χ2v) is 10.3. The van der Waals surface area contributed by atoms with E-state index in [4.69, 9.17) is 15.0 Å². The Hall–Kier alpha value is -4.16. The summed E-state index contributed by atoms with van der Waals surface area (Å²) in [7, 11) is 0. The van der Waals surface area contributed by atoms with Gasteiger partial charge >= 0.3 is 0 Å². The van der Waals surface area contributed by atoms with E-state index < -0.39 is 5.60 Å². The SMILES string of the molecule is N#Cc1cccc(-c2cc(-c3cn(Cc4cccc(C5(O)CCCC5)n4)nn3)nc(NC3CCCC3)n2)c1. The average Bonchev–Trinajstić information content (AvgIpc) is 3.72. The number of benzene rings is 1. The first-order valence-electron chi connectivity index (χ1n) is 13.3. The molecule has 2 N–H and O–H groups in total. The van der Waals surface area contributed by atoms with E-state index in [1.165, 1.54) is 12.8 Å². The number of aliphatic hydroxyl groups is 1. The van der Waals surface area contributed by atoms with Crippen LogP contribution in [0, 0.1) is 11.3 Å². The van der Waals surface area contributed by atoms with Crippen molar-refractivity contribution < 1.29 is 5.11 Å². The molecule has 3 aromatic heterocycles. The van der Waals surface area contributed by atoms with Gasteiger partial charge in [-0.15, -0.1) is 5.10 Å². The van der Waals surface area contributed by atoms with Crippen molar-refractivity contribution >= 4 is 5.95 Å². The van der Waals surface area contributed by atoms with Crippen molar-refractivity contribution in [3.8, 4) is 28.7 Å². The molecule has 0 unspecified atom stereocenters. The van der Waals surface area contributed by atoms with Crippen LogP contribution in [0.15, 0.2) is 54.7 Å². The number of rotatable bonds is 7. The molecule has 2 fully saturated rings. The van der Waals surface area contributed by atoms with Crippen molar-refractivity contribution in [2.75, 3.05) is 5.32 Å². The zero-order valence-electron chi connectivity index (χ0n) is 21.2. The molecular weight excluding hydrogens is 476 g/mol. The van der Waals surface area contributed by atoms with E-state index in [0.29, 0.717) is 35.5 Å². The normalized spacial score (nSPS) is 16.9. The van der Waals surface area contributed by atoms with Gasteiger partial charge < -0.3 is 10.4 Å². The van der Waals surface area contributed by atoms with E-state index in [2.05, 4.69) is 21.7 Å². The summed E-state index contributed by atoms with van der Waals surface area (Å²) in [5.41, 5.74) is 4.16. The lowest BCUT2D eigenvalue weighted by Gasteiger charge is -2.21. The van der Waals surface area contributed by atoms with Gasteiger partial charge in [-0.2, -0.15) is 5.26 Å². The van der Waals surface area contributed by atoms with Gasteiger partial charge in [-0.1, -0.05) is 49.1 Å². The Bertz CT molecular complexity index is 1480. The molecule has 0 aliphatic heterocycles. The van der Waals surface area contributed by atoms with Crippen LogP contribution in [0.1, 0.15) is 68.3 Å². The lowest BCUT2D eigenvalue weighted by Crippen LogP contribution is -2.23. The minimum absolute atomic E-state index is 0.354. The number of hydrogen-bond donors (Lipinski definition) is 2. The summed E-state index contributed by atoms with van der Waals surface area (Å²) in [5, 5.41) is 32.6. The predicted octanol–water partition coefficient (Wildman–Crippen LogP) is 4.83. The van der Waals surface area contributed by atoms with E-state index in [-0.39, 0.29) is 0 Å². The summed E-state index contributed by atoms with van der Waals surface area (Å²) >= 11 is 0. The quantitative estimate of drug-likeness (QED) is 0.365. The second kappa shape index (κ2) is 10.3. The van der Waals surface area contributed by atoms with Gasteiger partial charge in [-0.25, -0.2) is 14.6 Å². The van der Waals surface area contributed by atoms with Crippen LogP contribution in [0.2, 0.25) is 0 Å². The summed E-state index contributed by atoms with van der Waals surface area (Å²) in [6, 6.07) is 17.7. The van der Waals surface area contributed by atoms with Crippen molar-refractivity contribution in [2.24, 2.45) is 0 Å². The second-order valence-electron chi connectivity index (χ2n) is 10.3. The number of pyridine rings is 1. The van der Waals surface area contributed by atoms with Crippen LogP contribution in [0.4, 0.5) is 5.95 Å². The summed E-state index contributed by atoms with van der Waals surface area (Å²) in [4.78, 5) is 14.3. The molecule has 9 heteroatoms. The van der Waals surface area contributed by atoms with Gasteiger partial charge in [0.15, 0.2) is 0 Å². The fraction of sp³-hybridized carbons (Fsp3) is 0.379. The first kappa shape index (κ1) is 24.2. The topological polar surface area (TPSA) is 125 Å². The Morgan fingerprint density at radius 3 is 2.55 bits per heavy atom. The highest BCUT2D eigenvalue weighted by molar-refractivity contribution is 5.68. The summed E-state index contributed by atoms with van der Waals surface area (Å²) in [6.07, 6.45) is 10.0. The predicted molar refractivity (Wildman–Crippen MR) is 143 cm³/mol. The van der Waals surface area contributed by atoms with Crippen molar-refractivity contribution in [2.45, 2.75) is 69.6 Å².